The fraction of sp³-hybridized carbons (Fsp3) is 0.846. The highest BCUT2D eigenvalue weighted by Crippen LogP contribution is 2.32. The van der Waals surface area contributed by atoms with Crippen LogP contribution in [0.25, 0.3) is 0 Å². The van der Waals surface area contributed by atoms with Gasteiger partial charge in [0.2, 0.25) is 5.95 Å². The quantitative estimate of drug-likeness (QED) is 0.801. The minimum absolute atomic E-state index is 0.617. The average Bonchev–Trinajstić information content (AvgIpc) is 2.83. The van der Waals surface area contributed by atoms with Crippen LogP contribution >= 0.6 is 0 Å². The van der Waals surface area contributed by atoms with Gasteiger partial charge in [-0.1, -0.05) is 19.3 Å². The summed E-state index contributed by atoms with van der Waals surface area (Å²) in [7, 11) is 2.11. The second-order valence-electron chi connectivity index (χ2n) is 5.35. The van der Waals surface area contributed by atoms with E-state index in [1.807, 2.05) is 0 Å². The van der Waals surface area contributed by atoms with E-state index in [1.54, 1.807) is 0 Å². The summed E-state index contributed by atoms with van der Waals surface area (Å²) in [5.74, 6) is 2.81. The van der Waals surface area contributed by atoms with Crippen molar-refractivity contribution in [2.45, 2.75) is 38.0 Å². The molecule has 18 heavy (non-hydrogen) atoms. The Kier molecular flexibility index (Phi) is 3.50. The summed E-state index contributed by atoms with van der Waals surface area (Å²) >= 11 is 0. The smallest absolute Gasteiger partial charge is 0.227 e. The monoisotopic (exact) mass is 250 g/mol. The van der Waals surface area contributed by atoms with Gasteiger partial charge >= 0.3 is 0 Å². The van der Waals surface area contributed by atoms with Gasteiger partial charge in [0.15, 0.2) is 0 Å². The Bertz CT molecular complexity index is 356. The van der Waals surface area contributed by atoms with Crippen molar-refractivity contribution in [3.8, 4) is 0 Å². The first-order valence-electron chi connectivity index (χ1n) is 7.08. The minimum atomic E-state index is 0.617. The number of aromatic nitrogens is 3. The van der Waals surface area contributed by atoms with Crippen molar-refractivity contribution in [3.05, 3.63) is 5.82 Å². The summed E-state index contributed by atoms with van der Waals surface area (Å²) in [6, 6.07) is 0. The van der Waals surface area contributed by atoms with E-state index in [0.29, 0.717) is 5.92 Å². The second kappa shape index (κ2) is 5.26. The molecule has 1 aliphatic carbocycles. The molecule has 1 aromatic rings. The summed E-state index contributed by atoms with van der Waals surface area (Å²) in [6.07, 6.45) is 6.60. The third-order valence-electron chi connectivity index (χ3n) is 4.15. The summed E-state index contributed by atoms with van der Waals surface area (Å²) in [6.45, 7) is 3.45. The van der Waals surface area contributed by atoms with Gasteiger partial charge < -0.3 is 14.2 Å². The van der Waals surface area contributed by atoms with Gasteiger partial charge in [-0.15, -0.1) is 10.2 Å². The lowest BCUT2D eigenvalue weighted by Gasteiger charge is -2.27. The van der Waals surface area contributed by atoms with Crippen LogP contribution in [0.5, 0.6) is 0 Å². The van der Waals surface area contributed by atoms with Crippen molar-refractivity contribution < 1.29 is 4.74 Å². The van der Waals surface area contributed by atoms with Crippen molar-refractivity contribution in [2.75, 3.05) is 31.2 Å². The zero-order valence-electron chi connectivity index (χ0n) is 11.1. The standard InChI is InChI=1S/C13H22N4O/c1-16-12(11-5-3-2-4-6-11)14-15-13(16)17-7-9-18-10-8-17/h11H,2-10H2,1H3. The molecule has 1 aliphatic heterocycles. The van der Waals surface area contributed by atoms with Gasteiger partial charge in [-0.3, -0.25) is 0 Å². The molecule has 0 spiro atoms. The fourth-order valence-corrected chi connectivity index (χ4v) is 3.09. The molecule has 5 nitrogen and oxygen atoms in total. The van der Waals surface area contributed by atoms with Crippen LogP contribution in [0.3, 0.4) is 0 Å². The van der Waals surface area contributed by atoms with Gasteiger partial charge in [0, 0.05) is 26.1 Å². The van der Waals surface area contributed by atoms with Crippen LogP contribution in [0.1, 0.15) is 43.8 Å². The molecule has 5 heteroatoms. The maximum absolute atomic E-state index is 5.39. The summed E-state index contributed by atoms with van der Waals surface area (Å²) in [5.41, 5.74) is 0. The van der Waals surface area contributed by atoms with E-state index >= 15 is 0 Å². The Morgan fingerprint density at radius 1 is 1.06 bits per heavy atom. The molecule has 0 radical (unpaired) electrons. The van der Waals surface area contributed by atoms with Crippen LogP contribution in [0.15, 0.2) is 0 Å². The van der Waals surface area contributed by atoms with Gasteiger partial charge in [-0.25, -0.2) is 0 Å². The number of hydrogen-bond donors (Lipinski definition) is 0. The Labute approximate surface area is 108 Å². The first-order valence-corrected chi connectivity index (χ1v) is 7.08. The molecule has 3 rings (SSSR count). The third kappa shape index (κ3) is 2.23. The number of rotatable bonds is 2. The Hall–Kier alpha value is -1.10. The number of morpholine rings is 1. The lowest BCUT2D eigenvalue weighted by atomic mass is 9.89. The zero-order chi connectivity index (χ0) is 12.4. The van der Waals surface area contributed by atoms with E-state index in [-0.39, 0.29) is 0 Å². The number of nitrogens with zero attached hydrogens (tertiary/aromatic N) is 4. The van der Waals surface area contributed by atoms with Gasteiger partial charge in [0.05, 0.1) is 13.2 Å². The van der Waals surface area contributed by atoms with Gasteiger partial charge in [0.1, 0.15) is 5.82 Å². The molecule has 0 unspecified atom stereocenters. The third-order valence-corrected chi connectivity index (χ3v) is 4.15. The van der Waals surface area contributed by atoms with Crippen LogP contribution < -0.4 is 4.90 Å². The molecular weight excluding hydrogens is 228 g/mol. The van der Waals surface area contributed by atoms with Crippen molar-refractivity contribution in [3.63, 3.8) is 0 Å². The molecule has 1 saturated carbocycles. The topological polar surface area (TPSA) is 43.2 Å². The van der Waals surface area contributed by atoms with Crippen molar-refractivity contribution in [2.24, 2.45) is 7.05 Å². The second-order valence-corrected chi connectivity index (χ2v) is 5.35. The SMILES string of the molecule is Cn1c(C2CCCCC2)nnc1N1CCOCC1. The predicted octanol–water partition coefficient (Wildman–Crippen LogP) is 1.70. The lowest BCUT2D eigenvalue weighted by Crippen LogP contribution is -2.37. The first-order chi connectivity index (χ1) is 8.86. The predicted molar refractivity (Wildman–Crippen MR) is 69.9 cm³/mol. The molecule has 0 bridgehead atoms. The summed E-state index contributed by atoms with van der Waals surface area (Å²) < 4.78 is 7.58. The molecule has 0 amide bonds. The fourth-order valence-electron chi connectivity index (χ4n) is 3.09. The van der Waals surface area contributed by atoms with Crippen molar-refractivity contribution in [1.29, 1.82) is 0 Å². The molecule has 1 aromatic heterocycles. The van der Waals surface area contributed by atoms with E-state index in [2.05, 4.69) is 26.7 Å². The number of anilines is 1. The molecule has 2 aliphatic rings. The Morgan fingerprint density at radius 2 is 1.78 bits per heavy atom. The average molecular weight is 250 g/mol. The van der Waals surface area contributed by atoms with E-state index in [0.717, 1.165) is 32.3 Å². The lowest BCUT2D eigenvalue weighted by molar-refractivity contribution is 0.121. The molecule has 100 valence electrons. The number of hydrogen-bond acceptors (Lipinski definition) is 4. The van der Waals surface area contributed by atoms with E-state index in [9.17, 15) is 0 Å². The highest BCUT2D eigenvalue weighted by molar-refractivity contribution is 5.32. The van der Waals surface area contributed by atoms with E-state index in [1.165, 1.54) is 37.9 Å². The Morgan fingerprint density at radius 3 is 2.50 bits per heavy atom. The highest BCUT2D eigenvalue weighted by atomic mass is 16.5. The van der Waals surface area contributed by atoms with Crippen LogP contribution in [0.2, 0.25) is 0 Å². The molecule has 1 saturated heterocycles. The van der Waals surface area contributed by atoms with Gasteiger partial charge in [-0.05, 0) is 12.8 Å². The molecule has 0 atom stereocenters. The van der Waals surface area contributed by atoms with Crippen LogP contribution in [-0.2, 0) is 11.8 Å². The van der Waals surface area contributed by atoms with Gasteiger partial charge in [-0.2, -0.15) is 0 Å². The molecule has 2 heterocycles. The maximum atomic E-state index is 5.39. The zero-order valence-corrected chi connectivity index (χ0v) is 11.1. The van der Waals surface area contributed by atoms with E-state index in [4.69, 9.17) is 4.74 Å². The van der Waals surface area contributed by atoms with Crippen molar-refractivity contribution in [1.82, 2.24) is 14.8 Å². The summed E-state index contributed by atoms with van der Waals surface area (Å²) in [5, 5.41) is 8.84. The number of ether oxygens (including phenoxy) is 1. The van der Waals surface area contributed by atoms with Crippen LogP contribution in [-0.4, -0.2) is 41.1 Å². The molecule has 2 fully saturated rings. The Balaban J connectivity index is 1.78. The van der Waals surface area contributed by atoms with E-state index < -0.39 is 0 Å². The van der Waals surface area contributed by atoms with Crippen molar-refractivity contribution >= 4 is 5.95 Å². The van der Waals surface area contributed by atoms with Crippen LogP contribution in [0, 0.1) is 0 Å². The van der Waals surface area contributed by atoms with Crippen LogP contribution in [0.4, 0.5) is 5.95 Å². The largest absolute Gasteiger partial charge is 0.378 e. The molecular formula is C13H22N4O. The highest BCUT2D eigenvalue weighted by Gasteiger charge is 2.24. The maximum Gasteiger partial charge on any atom is 0.227 e. The van der Waals surface area contributed by atoms with Gasteiger partial charge in [0.25, 0.3) is 0 Å². The molecule has 0 aromatic carbocycles. The molecule has 0 N–H and O–H groups in total. The minimum Gasteiger partial charge on any atom is -0.378 e. The normalized spacial score (nSPS) is 22.4. The first kappa shape index (κ1) is 12.0. The summed E-state index contributed by atoms with van der Waals surface area (Å²) in [4.78, 5) is 2.28.